The zero-order valence-corrected chi connectivity index (χ0v) is 8.84. The SMILES string of the molecule is C=C(C(N)=O)C(=O)CCCCCCC. The monoisotopic (exact) mass is 197 g/mol. The minimum absolute atomic E-state index is 0.0690. The lowest BCUT2D eigenvalue weighted by atomic mass is 10.0. The summed E-state index contributed by atoms with van der Waals surface area (Å²) in [6.45, 7) is 5.48. The van der Waals surface area contributed by atoms with E-state index < -0.39 is 5.91 Å². The van der Waals surface area contributed by atoms with Crippen LogP contribution in [-0.2, 0) is 9.59 Å². The van der Waals surface area contributed by atoms with Crippen LogP contribution in [-0.4, -0.2) is 11.7 Å². The van der Waals surface area contributed by atoms with Crippen LogP contribution in [0, 0.1) is 0 Å². The Labute approximate surface area is 85.4 Å². The Morgan fingerprint density at radius 1 is 1.14 bits per heavy atom. The van der Waals surface area contributed by atoms with Gasteiger partial charge in [-0.25, -0.2) is 0 Å². The first-order valence-corrected chi connectivity index (χ1v) is 5.11. The second-order valence-corrected chi connectivity index (χ2v) is 3.43. The predicted octanol–water partition coefficient (Wildman–Crippen LogP) is 1.96. The van der Waals surface area contributed by atoms with E-state index in [1.807, 2.05) is 0 Å². The van der Waals surface area contributed by atoms with E-state index in [0.29, 0.717) is 6.42 Å². The van der Waals surface area contributed by atoms with Crippen LogP contribution in [0.4, 0.5) is 0 Å². The van der Waals surface area contributed by atoms with Crippen molar-refractivity contribution in [3.63, 3.8) is 0 Å². The Kier molecular flexibility index (Phi) is 6.72. The van der Waals surface area contributed by atoms with Gasteiger partial charge >= 0.3 is 0 Å². The molecule has 14 heavy (non-hydrogen) atoms. The maximum absolute atomic E-state index is 11.2. The van der Waals surface area contributed by atoms with Gasteiger partial charge in [0, 0.05) is 6.42 Å². The van der Waals surface area contributed by atoms with Crippen LogP contribution in [0.5, 0.6) is 0 Å². The van der Waals surface area contributed by atoms with E-state index in [1.54, 1.807) is 0 Å². The maximum atomic E-state index is 11.2. The largest absolute Gasteiger partial charge is 0.366 e. The molecule has 0 bridgehead atoms. The summed E-state index contributed by atoms with van der Waals surface area (Å²) in [7, 11) is 0. The van der Waals surface area contributed by atoms with Crippen LogP contribution in [0.2, 0.25) is 0 Å². The number of carbonyl (C=O) groups excluding carboxylic acids is 2. The van der Waals surface area contributed by atoms with Crippen molar-refractivity contribution in [2.75, 3.05) is 0 Å². The third kappa shape index (κ3) is 5.51. The van der Waals surface area contributed by atoms with E-state index in [1.165, 1.54) is 12.8 Å². The Morgan fingerprint density at radius 3 is 2.21 bits per heavy atom. The molecule has 0 saturated carbocycles. The fourth-order valence-corrected chi connectivity index (χ4v) is 1.18. The molecule has 0 saturated heterocycles. The molecule has 3 heteroatoms. The number of hydrogen-bond donors (Lipinski definition) is 1. The van der Waals surface area contributed by atoms with Crippen LogP contribution in [0.25, 0.3) is 0 Å². The first kappa shape index (κ1) is 12.9. The standard InChI is InChI=1S/C11H19NO2/c1-3-4-5-6-7-8-10(13)9(2)11(12)14/h2-8H2,1H3,(H2,12,14). The van der Waals surface area contributed by atoms with Gasteiger partial charge in [0.1, 0.15) is 0 Å². The first-order chi connectivity index (χ1) is 6.59. The number of rotatable bonds is 8. The first-order valence-electron chi connectivity index (χ1n) is 5.11. The average Bonchev–Trinajstić information content (AvgIpc) is 2.16. The number of amides is 1. The van der Waals surface area contributed by atoms with E-state index >= 15 is 0 Å². The second kappa shape index (κ2) is 7.30. The fourth-order valence-electron chi connectivity index (χ4n) is 1.18. The summed E-state index contributed by atoms with van der Waals surface area (Å²) in [5, 5.41) is 0. The average molecular weight is 197 g/mol. The molecule has 0 aromatic rings. The van der Waals surface area contributed by atoms with Gasteiger partial charge in [0.15, 0.2) is 5.78 Å². The smallest absolute Gasteiger partial charge is 0.251 e. The molecule has 2 N–H and O–H groups in total. The molecular formula is C11H19NO2. The lowest BCUT2D eigenvalue weighted by molar-refractivity contribution is -0.120. The quantitative estimate of drug-likeness (QED) is 0.280. The third-order valence-electron chi connectivity index (χ3n) is 2.14. The molecule has 80 valence electrons. The van der Waals surface area contributed by atoms with Gasteiger partial charge in [-0.05, 0) is 6.42 Å². The highest BCUT2D eigenvalue weighted by Gasteiger charge is 2.11. The highest BCUT2D eigenvalue weighted by molar-refractivity contribution is 6.18. The minimum Gasteiger partial charge on any atom is -0.366 e. The fraction of sp³-hybridized carbons (Fsp3) is 0.636. The zero-order chi connectivity index (χ0) is 11.0. The second-order valence-electron chi connectivity index (χ2n) is 3.43. The highest BCUT2D eigenvalue weighted by atomic mass is 16.2. The molecule has 0 aliphatic rings. The summed E-state index contributed by atoms with van der Waals surface area (Å²) in [5.74, 6) is -0.919. The molecule has 0 fully saturated rings. The molecule has 0 spiro atoms. The van der Waals surface area contributed by atoms with Crippen molar-refractivity contribution in [1.82, 2.24) is 0 Å². The molecule has 0 radical (unpaired) electrons. The molecular weight excluding hydrogens is 178 g/mol. The van der Waals surface area contributed by atoms with Gasteiger partial charge in [0.05, 0.1) is 5.57 Å². The molecule has 0 aromatic heterocycles. The third-order valence-corrected chi connectivity index (χ3v) is 2.14. The Bertz CT molecular complexity index is 221. The summed E-state index contributed by atoms with van der Waals surface area (Å²) in [4.78, 5) is 21.8. The number of Topliss-reactive ketones (excluding diaryl/α,β-unsaturated/α-hetero) is 1. The molecule has 0 rings (SSSR count). The summed E-state index contributed by atoms with van der Waals surface area (Å²) in [6, 6.07) is 0. The van der Waals surface area contributed by atoms with Gasteiger partial charge < -0.3 is 5.73 Å². The van der Waals surface area contributed by atoms with Crippen LogP contribution in [0.1, 0.15) is 45.4 Å². The Balaban J connectivity index is 3.54. The van der Waals surface area contributed by atoms with Gasteiger partial charge in [0.25, 0.3) is 5.91 Å². The van der Waals surface area contributed by atoms with E-state index in [9.17, 15) is 9.59 Å². The lowest BCUT2D eigenvalue weighted by Gasteiger charge is -2.00. The molecule has 3 nitrogen and oxygen atoms in total. The van der Waals surface area contributed by atoms with Crippen LogP contribution in [0.15, 0.2) is 12.2 Å². The summed E-state index contributed by atoms with van der Waals surface area (Å²) < 4.78 is 0. The van der Waals surface area contributed by atoms with Gasteiger partial charge in [-0.3, -0.25) is 9.59 Å². The van der Waals surface area contributed by atoms with Gasteiger partial charge in [-0.1, -0.05) is 39.2 Å². The normalized spacial score (nSPS) is 9.79. The zero-order valence-electron chi connectivity index (χ0n) is 8.84. The molecule has 0 aliphatic heterocycles. The van der Waals surface area contributed by atoms with Crippen molar-refractivity contribution in [2.45, 2.75) is 45.4 Å². The topological polar surface area (TPSA) is 60.2 Å². The van der Waals surface area contributed by atoms with E-state index in [2.05, 4.69) is 13.5 Å². The van der Waals surface area contributed by atoms with Crippen LogP contribution < -0.4 is 5.73 Å². The van der Waals surface area contributed by atoms with E-state index in [-0.39, 0.29) is 11.4 Å². The van der Waals surface area contributed by atoms with Crippen molar-refractivity contribution < 1.29 is 9.59 Å². The van der Waals surface area contributed by atoms with Crippen molar-refractivity contribution in [2.24, 2.45) is 5.73 Å². The molecule has 0 heterocycles. The Hall–Kier alpha value is -1.12. The molecule has 0 aliphatic carbocycles. The van der Waals surface area contributed by atoms with Crippen molar-refractivity contribution in [3.8, 4) is 0 Å². The number of unbranched alkanes of at least 4 members (excludes halogenated alkanes) is 4. The summed E-state index contributed by atoms with van der Waals surface area (Å²) >= 11 is 0. The molecule has 0 aromatic carbocycles. The van der Waals surface area contributed by atoms with Crippen LogP contribution >= 0.6 is 0 Å². The van der Waals surface area contributed by atoms with Crippen molar-refractivity contribution >= 4 is 11.7 Å². The predicted molar refractivity (Wildman–Crippen MR) is 56.7 cm³/mol. The lowest BCUT2D eigenvalue weighted by Crippen LogP contribution is -2.19. The summed E-state index contributed by atoms with van der Waals surface area (Å²) in [5.41, 5.74) is 4.86. The van der Waals surface area contributed by atoms with Crippen molar-refractivity contribution in [3.05, 3.63) is 12.2 Å². The van der Waals surface area contributed by atoms with E-state index in [4.69, 9.17) is 5.73 Å². The molecule has 0 unspecified atom stereocenters. The van der Waals surface area contributed by atoms with Crippen molar-refractivity contribution in [1.29, 1.82) is 0 Å². The number of hydrogen-bond acceptors (Lipinski definition) is 2. The highest BCUT2D eigenvalue weighted by Crippen LogP contribution is 2.07. The number of primary amides is 1. The van der Waals surface area contributed by atoms with Crippen LogP contribution in [0.3, 0.4) is 0 Å². The van der Waals surface area contributed by atoms with Gasteiger partial charge in [-0.15, -0.1) is 0 Å². The minimum atomic E-state index is -0.705. The van der Waals surface area contributed by atoms with Gasteiger partial charge in [0.2, 0.25) is 0 Å². The number of carbonyl (C=O) groups is 2. The number of ketones is 1. The number of nitrogens with two attached hydrogens (primary N) is 1. The maximum Gasteiger partial charge on any atom is 0.251 e. The summed E-state index contributed by atoms with van der Waals surface area (Å²) in [6.07, 6.45) is 5.78. The van der Waals surface area contributed by atoms with Gasteiger partial charge in [-0.2, -0.15) is 0 Å². The van der Waals surface area contributed by atoms with E-state index in [0.717, 1.165) is 19.3 Å². The molecule has 0 atom stereocenters. The Morgan fingerprint density at radius 2 is 1.71 bits per heavy atom. The molecule has 1 amide bonds.